The molecule has 0 bridgehead atoms. The number of carbonyl (C=O) groups excluding carboxylic acids is 1. The van der Waals surface area contributed by atoms with Gasteiger partial charge in [-0.25, -0.2) is 0 Å². The summed E-state index contributed by atoms with van der Waals surface area (Å²) >= 11 is 4.96. The fraction of sp³-hybridized carbons (Fsp3) is 0.571. The second-order valence-electron chi connectivity index (χ2n) is 5.48. The summed E-state index contributed by atoms with van der Waals surface area (Å²) in [5.41, 5.74) is 0. The number of carbonyl (C=O) groups is 2. The van der Waals surface area contributed by atoms with E-state index < -0.39 is 11.9 Å². The molecule has 20 heavy (non-hydrogen) atoms. The van der Waals surface area contributed by atoms with Crippen molar-refractivity contribution in [3.8, 4) is 0 Å². The van der Waals surface area contributed by atoms with Crippen LogP contribution in [0.1, 0.15) is 43.0 Å². The molecule has 1 aromatic rings. The maximum atomic E-state index is 12.4. The Hall–Kier alpha value is -0.880. The summed E-state index contributed by atoms with van der Waals surface area (Å²) in [7, 11) is 0. The van der Waals surface area contributed by atoms with Crippen LogP contribution in [-0.2, 0) is 9.59 Å². The van der Waals surface area contributed by atoms with Crippen molar-refractivity contribution < 1.29 is 14.7 Å². The highest BCUT2D eigenvalue weighted by molar-refractivity contribution is 9.10. The molecule has 0 aromatic carbocycles. The summed E-state index contributed by atoms with van der Waals surface area (Å²) in [5.74, 6) is -1.17. The SMILES string of the molecule is O=C(O)C1CCCC(=O)N(C2CC2)C1c1cc(Br)cs1. The van der Waals surface area contributed by atoms with Gasteiger partial charge in [-0.05, 0) is 47.7 Å². The van der Waals surface area contributed by atoms with Gasteiger partial charge in [0.2, 0.25) is 5.91 Å². The first-order valence-electron chi connectivity index (χ1n) is 6.86. The molecule has 2 heterocycles. The van der Waals surface area contributed by atoms with Crippen LogP contribution in [0.2, 0.25) is 0 Å². The molecule has 2 fully saturated rings. The summed E-state index contributed by atoms with van der Waals surface area (Å²) in [5, 5.41) is 11.5. The van der Waals surface area contributed by atoms with E-state index in [0.29, 0.717) is 19.3 Å². The molecule has 1 aliphatic carbocycles. The van der Waals surface area contributed by atoms with E-state index in [1.54, 1.807) is 0 Å². The monoisotopic (exact) mass is 357 g/mol. The second kappa shape index (κ2) is 5.48. The van der Waals surface area contributed by atoms with Crippen molar-refractivity contribution >= 4 is 39.1 Å². The van der Waals surface area contributed by atoms with Crippen LogP contribution in [0, 0.1) is 5.92 Å². The highest BCUT2D eigenvalue weighted by atomic mass is 79.9. The van der Waals surface area contributed by atoms with Crippen molar-refractivity contribution in [2.24, 2.45) is 5.92 Å². The van der Waals surface area contributed by atoms with Gasteiger partial charge in [0.25, 0.3) is 0 Å². The molecule has 6 heteroatoms. The third-order valence-corrected chi connectivity index (χ3v) is 5.78. The first kappa shape index (κ1) is 14.1. The lowest BCUT2D eigenvalue weighted by molar-refractivity contribution is -0.146. The number of aliphatic carboxylic acids is 1. The standard InChI is InChI=1S/C14H16BrNO3S/c15-8-6-11(20-7-8)13-10(14(18)19)2-1-3-12(17)16(13)9-4-5-9/h6-7,9-10,13H,1-5H2,(H,18,19). The lowest BCUT2D eigenvalue weighted by Crippen LogP contribution is -2.40. The number of hydrogen-bond acceptors (Lipinski definition) is 3. The zero-order valence-corrected chi connectivity index (χ0v) is 13.3. The second-order valence-corrected chi connectivity index (χ2v) is 7.34. The highest BCUT2D eigenvalue weighted by Gasteiger charge is 2.45. The van der Waals surface area contributed by atoms with Gasteiger partial charge in [-0.3, -0.25) is 9.59 Å². The molecule has 3 rings (SSSR count). The summed E-state index contributed by atoms with van der Waals surface area (Å²) in [6.45, 7) is 0. The molecule has 0 spiro atoms. The van der Waals surface area contributed by atoms with E-state index in [0.717, 1.165) is 22.2 Å². The Morgan fingerprint density at radius 2 is 2.15 bits per heavy atom. The molecule has 1 aromatic heterocycles. The quantitative estimate of drug-likeness (QED) is 0.901. The number of rotatable bonds is 3. The number of carboxylic acids is 1. The van der Waals surface area contributed by atoms with Crippen LogP contribution in [-0.4, -0.2) is 27.9 Å². The molecule has 108 valence electrons. The molecule has 4 nitrogen and oxygen atoms in total. The van der Waals surface area contributed by atoms with E-state index in [2.05, 4.69) is 15.9 Å². The van der Waals surface area contributed by atoms with Gasteiger partial charge in [0.05, 0.1) is 12.0 Å². The topological polar surface area (TPSA) is 57.6 Å². The molecular formula is C14H16BrNO3S. The zero-order valence-electron chi connectivity index (χ0n) is 10.9. The van der Waals surface area contributed by atoms with Gasteiger partial charge in [-0.15, -0.1) is 11.3 Å². The largest absolute Gasteiger partial charge is 0.481 e. The fourth-order valence-electron chi connectivity index (χ4n) is 2.97. The number of halogens is 1. The number of hydrogen-bond donors (Lipinski definition) is 1. The number of nitrogens with zero attached hydrogens (tertiary/aromatic N) is 1. The van der Waals surface area contributed by atoms with Crippen molar-refractivity contribution in [2.45, 2.75) is 44.2 Å². The first-order valence-corrected chi connectivity index (χ1v) is 8.53. The smallest absolute Gasteiger partial charge is 0.308 e. The van der Waals surface area contributed by atoms with Crippen LogP contribution >= 0.6 is 27.3 Å². The zero-order chi connectivity index (χ0) is 14.3. The van der Waals surface area contributed by atoms with E-state index in [1.807, 2.05) is 16.3 Å². The third-order valence-electron chi connectivity index (χ3n) is 4.01. The van der Waals surface area contributed by atoms with Crippen molar-refractivity contribution in [2.75, 3.05) is 0 Å². The summed E-state index contributed by atoms with van der Waals surface area (Å²) in [6.07, 6.45) is 3.72. The van der Waals surface area contributed by atoms with E-state index in [9.17, 15) is 14.7 Å². The van der Waals surface area contributed by atoms with Crippen molar-refractivity contribution in [1.82, 2.24) is 4.90 Å². The minimum Gasteiger partial charge on any atom is -0.481 e. The van der Waals surface area contributed by atoms with Gasteiger partial charge >= 0.3 is 5.97 Å². The van der Waals surface area contributed by atoms with Crippen LogP contribution < -0.4 is 0 Å². The van der Waals surface area contributed by atoms with Crippen LogP contribution in [0.25, 0.3) is 0 Å². The minimum absolute atomic E-state index is 0.116. The number of thiophene rings is 1. The maximum absolute atomic E-state index is 12.4. The molecule has 1 amide bonds. The van der Waals surface area contributed by atoms with Crippen LogP contribution in [0.5, 0.6) is 0 Å². The molecule has 2 atom stereocenters. The van der Waals surface area contributed by atoms with Crippen LogP contribution in [0.3, 0.4) is 0 Å². The first-order chi connectivity index (χ1) is 9.58. The molecule has 1 aliphatic heterocycles. The Kier molecular flexibility index (Phi) is 3.86. The Bertz CT molecular complexity index is 540. The van der Waals surface area contributed by atoms with Crippen LogP contribution in [0.4, 0.5) is 0 Å². The third kappa shape index (κ3) is 2.63. The Balaban J connectivity index is 2.02. The van der Waals surface area contributed by atoms with Gasteiger partial charge in [-0.1, -0.05) is 0 Å². The lowest BCUT2D eigenvalue weighted by atomic mass is 9.93. The Morgan fingerprint density at radius 3 is 2.70 bits per heavy atom. The van der Waals surface area contributed by atoms with E-state index in [1.165, 1.54) is 11.3 Å². The number of amides is 1. The van der Waals surface area contributed by atoms with Gasteiger partial charge in [0.15, 0.2) is 0 Å². The normalized spacial score (nSPS) is 27.4. The fourth-order valence-corrected chi connectivity index (χ4v) is 4.58. The minimum atomic E-state index is -0.792. The van der Waals surface area contributed by atoms with Gasteiger partial charge in [0.1, 0.15) is 0 Å². The van der Waals surface area contributed by atoms with E-state index >= 15 is 0 Å². The van der Waals surface area contributed by atoms with Crippen molar-refractivity contribution in [1.29, 1.82) is 0 Å². The van der Waals surface area contributed by atoms with Crippen molar-refractivity contribution in [3.63, 3.8) is 0 Å². The molecular weight excluding hydrogens is 342 g/mol. The molecule has 1 saturated carbocycles. The lowest BCUT2D eigenvalue weighted by Gasteiger charge is -2.33. The summed E-state index contributed by atoms with van der Waals surface area (Å²) in [4.78, 5) is 26.9. The Morgan fingerprint density at radius 1 is 1.40 bits per heavy atom. The highest BCUT2D eigenvalue weighted by Crippen LogP contribution is 2.44. The summed E-state index contributed by atoms with van der Waals surface area (Å²) < 4.78 is 0.953. The van der Waals surface area contributed by atoms with Gasteiger partial charge in [0, 0.05) is 27.2 Å². The summed E-state index contributed by atoms with van der Waals surface area (Å²) in [6, 6.07) is 1.90. The van der Waals surface area contributed by atoms with Crippen LogP contribution in [0.15, 0.2) is 15.9 Å². The predicted octanol–water partition coefficient (Wildman–Crippen LogP) is 3.43. The molecule has 1 saturated heterocycles. The van der Waals surface area contributed by atoms with Gasteiger partial charge in [-0.2, -0.15) is 0 Å². The van der Waals surface area contributed by atoms with Crippen molar-refractivity contribution in [3.05, 3.63) is 20.8 Å². The number of likely N-dealkylation sites (tertiary alicyclic amines) is 1. The predicted molar refractivity (Wildman–Crippen MR) is 79.6 cm³/mol. The molecule has 2 aliphatic rings. The van der Waals surface area contributed by atoms with Gasteiger partial charge < -0.3 is 10.0 Å². The molecule has 2 unspecified atom stereocenters. The molecule has 1 N–H and O–H groups in total. The van der Waals surface area contributed by atoms with E-state index in [-0.39, 0.29) is 18.0 Å². The average molecular weight is 358 g/mol. The number of carboxylic acid groups (broad SMARTS) is 1. The van der Waals surface area contributed by atoms with E-state index in [4.69, 9.17) is 0 Å². The molecule has 0 radical (unpaired) electrons. The maximum Gasteiger partial charge on any atom is 0.308 e. The average Bonchev–Trinajstić information content (AvgIpc) is 3.15. The Labute approximate surface area is 129 Å².